The van der Waals surface area contributed by atoms with Crippen LogP contribution in [0.5, 0.6) is 0 Å². The second kappa shape index (κ2) is 8.28. The van der Waals surface area contributed by atoms with Gasteiger partial charge in [0, 0.05) is 0 Å². The van der Waals surface area contributed by atoms with Crippen molar-refractivity contribution in [3.05, 3.63) is 35.4 Å². The van der Waals surface area contributed by atoms with Gasteiger partial charge in [0.15, 0.2) is 0 Å². The topological polar surface area (TPSA) is 63.3 Å². The molecule has 0 heterocycles. The molecule has 1 rings (SSSR count). The van der Waals surface area contributed by atoms with Gasteiger partial charge in [-0.3, -0.25) is 4.79 Å². The molecule has 3 N–H and O–H groups in total. The Hall–Kier alpha value is -1.06. The van der Waals surface area contributed by atoms with Crippen LogP contribution in [0.1, 0.15) is 44.7 Å². The summed E-state index contributed by atoms with van der Waals surface area (Å²) in [5.41, 5.74) is 6.78. The molecular formula is C16H26ClNO2. The van der Waals surface area contributed by atoms with Crippen LogP contribution in [-0.2, 0) is 16.6 Å². The molecule has 0 radical (unpaired) electrons. The van der Waals surface area contributed by atoms with Gasteiger partial charge in [-0.2, -0.15) is 0 Å². The molecule has 0 bridgehead atoms. The summed E-state index contributed by atoms with van der Waals surface area (Å²) >= 11 is 0. The lowest BCUT2D eigenvalue weighted by molar-refractivity contribution is -0.143. The Balaban J connectivity index is 0.00000361. The first kappa shape index (κ1) is 18.9. The summed E-state index contributed by atoms with van der Waals surface area (Å²) in [6.07, 6.45) is 2.31. The van der Waals surface area contributed by atoms with Gasteiger partial charge >= 0.3 is 5.97 Å². The van der Waals surface area contributed by atoms with Crippen molar-refractivity contribution >= 4 is 18.4 Å². The van der Waals surface area contributed by atoms with Crippen molar-refractivity contribution < 1.29 is 9.90 Å². The first-order chi connectivity index (χ1) is 8.90. The van der Waals surface area contributed by atoms with Crippen LogP contribution in [-0.4, -0.2) is 17.6 Å². The number of carbonyl (C=O) groups is 1. The molecule has 0 spiro atoms. The van der Waals surface area contributed by atoms with Crippen LogP contribution >= 0.6 is 12.4 Å². The average molecular weight is 300 g/mol. The monoisotopic (exact) mass is 299 g/mol. The molecular weight excluding hydrogens is 274 g/mol. The second-order valence-electron chi connectivity index (χ2n) is 5.82. The number of rotatable bonds is 7. The minimum absolute atomic E-state index is 0. The molecule has 1 atom stereocenters. The average Bonchev–Trinajstić information content (AvgIpc) is 2.35. The maximum Gasteiger partial charge on any atom is 0.313 e. The van der Waals surface area contributed by atoms with Gasteiger partial charge in [-0.1, -0.05) is 38.1 Å². The Morgan fingerprint density at radius 3 is 2.25 bits per heavy atom. The van der Waals surface area contributed by atoms with Gasteiger partial charge in [0.2, 0.25) is 0 Å². The van der Waals surface area contributed by atoms with Crippen molar-refractivity contribution in [2.45, 2.75) is 45.4 Å². The normalized spacial score (nSPS) is 13.7. The summed E-state index contributed by atoms with van der Waals surface area (Å²) in [5.74, 6) is -0.175. The fraction of sp³-hybridized carbons (Fsp3) is 0.562. The molecule has 1 aromatic rings. The molecule has 20 heavy (non-hydrogen) atoms. The summed E-state index contributed by atoms with van der Waals surface area (Å²) in [7, 11) is 0. The zero-order valence-corrected chi connectivity index (χ0v) is 13.4. The molecule has 0 amide bonds. The van der Waals surface area contributed by atoms with E-state index in [1.54, 1.807) is 6.92 Å². The van der Waals surface area contributed by atoms with E-state index in [4.69, 9.17) is 5.73 Å². The lowest BCUT2D eigenvalue weighted by Crippen LogP contribution is -2.33. The third-order valence-corrected chi connectivity index (χ3v) is 3.59. The first-order valence-electron chi connectivity index (χ1n) is 6.93. The standard InChI is InChI=1S/C16H25NO2.ClH/c1-12(2)11-13-5-7-14(8-6-13)16(3,15(18)19)9-4-10-17;/h5-8,12H,4,9-11,17H2,1-3H3,(H,18,19);1H. The SMILES string of the molecule is CC(C)Cc1ccc(C(C)(CCCN)C(=O)O)cc1.Cl. The highest BCUT2D eigenvalue weighted by Gasteiger charge is 2.34. The van der Waals surface area contributed by atoms with E-state index in [9.17, 15) is 9.90 Å². The number of aliphatic carboxylic acids is 1. The predicted octanol–water partition coefficient (Wildman–Crippen LogP) is 3.39. The fourth-order valence-electron chi connectivity index (χ4n) is 2.31. The number of benzene rings is 1. The molecule has 4 heteroatoms. The van der Waals surface area contributed by atoms with Crippen molar-refractivity contribution in [2.75, 3.05) is 6.54 Å². The van der Waals surface area contributed by atoms with Gasteiger partial charge in [0.1, 0.15) is 0 Å². The molecule has 3 nitrogen and oxygen atoms in total. The Bertz CT molecular complexity index is 417. The number of carboxylic acid groups (broad SMARTS) is 1. The largest absolute Gasteiger partial charge is 0.481 e. The number of hydrogen-bond acceptors (Lipinski definition) is 2. The number of halogens is 1. The Morgan fingerprint density at radius 1 is 1.30 bits per heavy atom. The predicted molar refractivity (Wildman–Crippen MR) is 85.5 cm³/mol. The molecule has 114 valence electrons. The molecule has 0 fully saturated rings. The molecule has 1 unspecified atom stereocenters. The minimum Gasteiger partial charge on any atom is -0.481 e. The van der Waals surface area contributed by atoms with Gasteiger partial charge in [-0.15, -0.1) is 12.4 Å². The fourth-order valence-corrected chi connectivity index (χ4v) is 2.31. The van der Waals surface area contributed by atoms with Gasteiger partial charge in [0.25, 0.3) is 0 Å². The lowest BCUT2D eigenvalue weighted by Gasteiger charge is -2.25. The Kier molecular flexibility index (Phi) is 7.84. The van der Waals surface area contributed by atoms with Crippen molar-refractivity contribution in [3.63, 3.8) is 0 Å². The summed E-state index contributed by atoms with van der Waals surface area (Å²) in [6.45, 7) is 6.66. The van der Waals surface area contributed by atoms with E-state index < -0.39 is 11.4 Å². The molecule has 0 aliphatic carbocycles. The summed E-state index contributed by atoms with van der Waals surface area (Å²) in [4.78, 5) is 11.5. The number of nitrogens with two attached hydrogens (primary N) is 1. The third kappa shape index (κ3) is 4.80. The molecule has 0 saturated heterocycles. The van der Waals surface area contributed by atoms with Crippen LogP contribution in [0, 0.1) is 5.92 Å². The van der Waals surface area contributed by atoms with Gasteiger partial charge in [-0.25, -0.2) is 0 Å². The van der Waals surface area contributed by atoms with Crippen LogP contribution in [0.25, 0.3) is 0 Å². The Morgan fingerprint density at radius 2 is 1.85 bits per heavy atom. The van der Waals surface area contributed by atoms with E-state index in [1.807, 2.05) is 24.3 Å². The zero-order chi connectivity index (χ0) is 14.5. The quantitative estimate of drug-likeness (QED) is 0.811. The van der Waals surface area contributed by atoms with Crippen molar-refractivity contribution in [1.82, 2.24) is 0 Å². The van der Waals surface area contributed by atoms with Crippen LogP contribution in [0.3, 0.4) is 0 Å². The van der Waals surface area contributed by atoms with Gasteiger partial charge in [0.05, 0.1) is 5.41 Å². The first-order valence-corrected chi connectivity index (χ1v) is 6.93. The van der Waals surface area contributed by atoms with E-state index in [0.717, 1.165) is 18.4 Å². The molecule has 0 saturated carbocycles. The van der Waals surface area contributed by atoms with E-state index in [-0.39, 0.29) is 12.4 Å². The lowest BCUT2D eigenvalue weighted by atomic mass is 9.78. The van der Waals surface area contributed by atoms with Crippen LogP contribution in [0.4, 0.5) is 0 Å². The maximum absolute atomic E-state index is 11.5. The smallest absolute Gasteiger partial charge is 0.313 e. The van der Waals surface area contributed by atoms with Crippen molar-refractivity contribution in [2.24, 2.45) is 11.7 Å². The highest BCUT2D eigenvalue weighted by atomic mass is 35.5. The van der Waals surface area contributed by atoms with Crippen molar-refractivity contribution in [1.29, 1.82) is 0 Å². The second-order valence-corrected chi connectivity index (χ2v) is 5.82. The van der Waals surface area contributed by atoms with Crippen LogP contribution in [0.15, 0.2) is 24.3 Å². The third-order valence-electron chi connectivity index (χ3n) is 3.59. The maximum atomic E-state index is 11.5. The van der Waals surface area contributed by atoms with Crippen LogP contribution in [0.2, 0.25) is 0 Å². The molecule has 0 aliphatic heterocycles. The number of hydrogen-bond donors (Lipinski definition) is 2. The minimum atomic E-state index is -0.838. The van der Waals surface area contributed by atoms with Crippen molar-refractivity contribution in [3.8, 4) is 0 Å². The van der Waals surface area contributed by atoms with Gasteiger partial charge < -0.3 is 10.8 Å². The van der Waals surface area contributed by atoms with E-state index in [1.165, 1.54) is 5.56 Å². The van der Waals surface area contributed by atoms with E-state index in [2.05, 4.69) is 13.8 Å². The highest BCUT2D eigenvalue weighted by Crippen LogP contribution is 2.29. The van der Waals surface area contributed by atoms with Gasteiger partial charge in [-0.05, 0) is 49.8 Å². The van der Waals surface area contributed by atoms with Crippen LogP contribution < -0.4 is 5.73 Å². The molecule has 0 aliphatic rings. The highest BCUT2D eigenvalue weighted by molar-refractivity contribution is 5.85. The van der Waals surface area contributed by atoms with E-state index in [0.29, 0.717) is 18.9 Å². The molecule has 1 aromatic carbocycles. The summed E-state index contributed by atoms with van der Waals surface area (Å²) in [5, 5.41) is 9.49. The van der Waals surface area contributed by atoms with E-state index >= 15 is 0 Å². The Labute approximate surface area is 128 Å². The molecule has 0 aromatic heterocycles. The zero-order valence-electron chi connectivity index (χ0n) is 12.6. The number of carboxylic acids is 1. The summed E-state index contributed by atoms with van der Waals surface area (Å²) < 4.78 is 0. The summed E-state index contributed by atoms with van der Waals surface area (Å²) in [6, 6.07) is 7.97.